The van der Waals surface area contributed by atoms with Crippen LogP contribution >= 0.6 is 0 Å². The molecule has 2 amide bonds. The molecule has 0 bridgehead atoms. The van der Waals surface area contributed by atoms with E-state index >= 15 is 0 Å². The van der Waals surface area contributed by atoms with E-state index in [1.165, 1.54) is 0 Å². The van der Waals surface area contributed by atoms with Crippen LogP contribution in [0.15, 0.2) is 6.07 Å². The Labute approximate surface area is 178 Å². The van der Waals surface area contributed by atoms with E-state index < -0.39 is 0 Å². The summed E-state index contributed by atoms with van der Waals surface area (Å²) in [5, 5.41) is 7.51. The fourth-order valence-corrected chi connectivity index (χ4v) is 4.04. The van der Waals surface area contributed by atoms with Crippen LogP contribution in [-0.2, 0) is 16.0 Å². The van der Waals surface area contributed by atoms with Crippen molar-refractivity contribution in [3.63, 3.8) is 0 Å². The Morgan fingerprint density at radius 2 is 2.07 bits per heavy atom. The molecule has 0 spiro atoms. The number of likely N-dealkylation sites (tertiary alicyclic amines) is 1. The average molecular weight is 410 g/mol. The largest absolute Gasteiger partial charge is 0.345 e. The van der Waals surface area contributed by atoms with Gasteiger partial charge in [0.25, 0.3) is 0 Å². The molecule has 1 N–H and O–H groups in total. The molecular weight excluding hydrogens is 378 g/mol. The number of rotatable bonds is 5. The SMILES string of the molecule is C#CCNC(=O)CCc1c(C)nc2cc([C@H]3CCN(C(=O)C(C)(C)C)C3)nn2c1C. The van der Waals surface area contributed by atoms with Gasteiger partial charge in [0.05, 0.1) is 12.2 Å². The molecule has 2 aromatic heterocycles. The number of hydrogen-bond donors (Lipinski definition) is 1. The molecule has 2 aromatic rings. The lowest BCUT2D eigenvalue weighted by molar-refractivity contribution is -0.138. The summed E-state index contributed by atoms with van der Waals surface area (Å²) in [6, 6.07) is 2.03. The summed E-state index contributed by atoms with van der Waals surface area (Å²) in [7, 11) is 0. The molecule has 0 saturated carbocycles. The van der Waals surface area contributed by atoms with Crippen LogP contribution in [0.5, 0.6) is 0 Å². The number of hydrogen-bond acceptors (Lipinski definition) is 4. The standard InChI is InChI=1S/C23H31N5O2/c1-7-11-24-21(29)9-8-18-15(2)25-20-13-19(26-28(20)16(18)3)17-10-12-27(14-17)22(30)23(4,5)6/h1,13,17H,8-12,14H2,2-6H3,(H,24,29)/t17-/m0/s1. The van der Waals surface area contributed by atoms with E-state index in [0.29, 0.717) is 19.4 Å². The van der Waals surface area contributed by atoms with Crippen LogP contribution in [0.2, 0.25) is 0 Å². The Hall–Kier alpha value is -2.88. The van der Waals surface area contributed by atoms with Gasteiger partial charge in [0.2, 0.25) is 11.8 Å². The zero-order valence-electron chi connectivity index (χ0n) is 18.6. The summed E-state index contributed by atoms with van der Waals surface area (Å²) in [4.78, 5) is 31.2. The Kier molecular flexibility index (Phi) is 6.16. The number of carbonyl (C=O) groups is 2. The van der Waals surface area contributed by atoms with Crippen LogP contribution < -0.4 is 5.32 Å². The van der Waals surface area contributed by atoms with Crippen molar-refractivity contribution in [2.24, 2.45) is 5.41 Å². The van der Waals surface area contributed by atoms with E-state index in [2.05, 4.69) is 11.2 Å². The van der Waals surface area contributed by atoms with E-state index in [-0.39, 0.29) is 29.7 Å². The topological polar surface area (TPSA) is 79.6 Å². The van der Waals surface area contributed by atoms with Gasteiger partial charge in [-0.1, -0.05) is 26.7 Å². The predicted molar refractivity (Wildman–Crippen MR) is 116 cm³/mol. The van der Waals surface area contributed by atoms with E-state index in [0.717, 1.165) is 41.3 Å². The van der Waals surface area contributed by atoms with Crippen LogP contribution in [-0.4, -0.2) is 50.9 Å². The molecule has 0 unspecified atom stereocenters. The highest BCUT2D eigenvalue weighted by Gasteiger charge is 2.34. The molecule has 1 saturated heterocycles. The van der Waals surface area contributed by atoms with Crippen LogP contribution in [0.1, 0.15) is 62.2 Å². The summed E-state index contributed by atoms with van der Waals surface area (Å²) in [6.07, 6.45) is 7.04. The van der Waals surface area contributed by atoms with Gasteiger partial charge in [0, 0.05) is 48.3 Å². The molecule has 0 aromatic carbocycles. The quantitative estimate of drug-likeness (QED) is 0.769. The first-order valence-electron chi connectivity index (χ1n) is 10.5. The molecule has 7 heteroatoms. The van der Waals surface area contributed by atoms with Crippen molar-refractivity contribution in [1.82, 2.24) is 24.8 Å². The number of fused-ring (bicyclic) bond motifs is 1. The zero-order valence-corrected chi connectivity index (χ0v) is 18.6. The van der Waals surface area contributed by atoms with Gasteiger partial charge < -0.3 is 10.2 Å². The van der Waals surface area contributed by atoms with Crippen molar-refractivity contribution in [2.75, 3.05) is 19.6 Å². The maximum absolute atomic E-state index is 12.6. The Bertz CT molecular complexity index is 1010. The molecule has 0 radical (unpaired) electrons. The molecule has 3 rings (SSSR count). The van der Waals surface area contributed by atoms with Crippen LogP contribution in [0, 0.1) is 31.6 Å². The molecular formula is C23H31N5O2. The van der Waals surface area contributed by atoms with Gasteiger partial charge in [-0.25, -0.2) is 9.50 Å². The highest BCUT2D eigenvalue weighted by atomic mass is 16.2. The van der Waals surface area contributed by atoms with E-state index in [4.69, 9.17) is 16.5 Å². The van der Waals surface area contributed by atoms with Crippen molar-refractivity contribution < 1.29 is 9.59 Å². The third kappa shape index (κ3) is 4.48. The van der Waals surface area contributed by atoms with Crippen molar-refractivity contribution in [3.8, 4) is 12.3 Å². The van der Waals surface area contributed by atoms with Gasteiger partial charge in [0.1, 0.15) is 0 Å². The first-order valence-corrected chi connectivity index (χ1v) is 10.5. The minimum absolute atomic E-state index is 0.0671. The summed E-state index contributed by atoms with van der Waals surface area (Å²) in [5.74, 6) is 2.74. The van der Waals surface area contributed by atoms with Gasteiger partial charge in [0.15, 0.2) is 5.65 Å². The van der Waals surface area contributed by atoms with Crippen LogP contribution in [0.3, 0.4) is 0 Å². The van der Waals surface area contributed by atoms with Crippen molar-refractivity contribution in [1.29, 1.82) is 0 Å². The predicted octanol–water partition coefficient (Wildman–Crippen LogP) is 2.39. The fraction of sp³-hybridized carbons (Fsp3) is 0.565. The second-order valence-corrected chi connectivity index (χ2v) is 9.07. The Morgan fingerprint density at radius 1 is 1.33 bits per heavy atom. The maximum atomic E-state index is 12.6. The number of carbonyl (C=O) groups excluding carboxylic acids is 2. The van der Waals surface area contributed by atoms with Gasteiger partial charge >= 0.3 is 0 Å². The monoisotopic (exact) mass is 409 g/mol. The van der Waals surface area contributed by atoms with Crippen molar-refractivity contribution in [2.45, 2.75) is 59.8 Å². The van der Waals surface area contributed by atoms with Crippen molar-refractivity contribution in [3.05, 3.63) is 28.7 Å². The number of nitrogens with one attached hydrogen (secondary N) is 1. The second-order valence-electron chi connectivity index (χ2n) is 9.07. The smallest absolute Gasteiger partial charge is 0.227 e. The molecule has 30 heavy (non-hydrogen) atoms. The third-order valence-electron chi connectivity index (χ3n) is 5.71. The molecule has 1 aliphatic rings. The molecule has 160 valence electrons. The van der Waals surface area contributed by atoms with Gasteiger partial charge in [-0.3, -0.25) is 9.59 Å². The van der Waals surface area contributed by atoms with Gasteiger partial charge in [-0.05, 0) is 32.3 Å². The minimum Gasteiger partial charge on any atom is -0.345 e. The van der Waals surface area contributed by atoms with E-state index in [1.807, 2.05) is 50.1 Å². The lowest BCUT2D eigenvalue weighted by Gasteiger charge is -2.25. The third-order valence-corrected chi connectivity index (χ3v) is 5.71. The molecule has 1 aliphatic heterocycles. The van der Waals surface area contributed by atoms with Gasteiger partial charge in [-0.2, -0.15) is 5.10 Å². The highest BCUT2D eigenvalue weighted by Crippen LogP contribution is 2.30. The number of nitrogens with zero attached hydrogens (tertiary/aromatic N) is 4. The highest BCUT2D eigenvalue weighted by molar-refractivity contribution is 5.81. The Balaban J connectivity index is 1.78. The Morgan fingerprint density at radius 3 is 2.73 bits per heavy atom. The number of aromatic nitrogens is 3. The summed E-state index contributed by atoms with van der Waals surface area (Å²) in [6.45, 7) is 11.5. The summed E-state index contributed by atoms with van der Waals surface area (Å²) >= 11 is 0. The average Bonchev–Trinajstić information content (AvgIpc) is 3.31. The first-order chi connectivity index (χ1) is 14.1. The van der Waals surface area contributed by atoms with Crippen LogP contribution in [0.4, 0.5) is 0 Å². The molecule has 7 nitrogen and oxygen atoms in total. The zero-order chi connectivity index (χ0) is 22.1. The lowest BCUT2D eigenvalue weighted by Crippen LogP contribution is -2.37. The second kappa shape index (κ2) is 8.47. The van der Waals surface area contributed by atoms with Gasteiger partial charge in [-0.15, -0.1) is 6.42 Å². The van der Waals surface area contributed by atoms with Crippen LogP contribution in [0.25, 0.3) is 5.65 Å². The fourth-order valence-electron chi connectivity index (χ4n) is 4.04. The van der Waals surface area contributed by atoms with E-state index in [9.17, 15) is 9.59 Å². The molecule has 3 heterocycles. The lowest BCUT2D eigenvalue weighted by atomic mass is 9.95. The molecule has 0 aliphatic carbocycles. The summed E-state index contributed by atoms with van der Waals surface area (Å²) < 4.78 is 1.87. The first kappa shape index (κ1) is 21.8. The maximum Gasteiger partial charge on any atom is 0.227 e. The minimum atomic E-state index is -0.371. The van der Waals surface area contributed by atoms with Crippen molar-refractivity contribution >= 4 is 17.5 Å². The summed E-state index contributed by atoms with van der Waals surface area (Å²) in [5.41, 5.74) is 4.34. The van der Waals surface area contributed by atoms with E-state index in [1.54, 1.807) is 0 Å². The normalized spacial score (nSPS) is 16.7. The number of amides is 2. The number of aryl methyl sites for hydroxylation is 2. The number of terminal acetylenes is 1. The molecule has 1 fully saturated rings. The molecule has 1 atom stereocenters.